The van der Waals surface area contributed by atoms with E-state index in [9.17, 15) is 5.11 Å². The van der Waals surface area contributed by atoms with Crippen LogP contribution in [0.1, 0.15) is 16.7 Å². The zero-order valence-electron chi connectivity index (χ0n) is 14.9. The molecule has 4 aromatic rings. The van der Waals surface area contributed by atoms with Crippen molar-refractivity contribution in [2.24, 2.45) is 0 Å². The van der Waals surface area contributed by atoms with Crippen molar-refractivity contribution in [3.8, 4) is 16.9 Å². The number of hydrogen-bond acceptors (Lipinski definition) is 5. The number of anilines is 2. The van der Waals surface area contributed by atoms with Crippen LogP contribution in [0.15, 0.2) is 48.1 Å². The summed E-state index contributed by atoms with van der Waals surface area (Å²) in [7, 11) is 0. The topological polar surface area (TPSA) is 58.0 Å². The fourth-order valence-electron chi connectivity index (χ4n) is 3.16. The van der Waals surface area contributed by atoms with E-state index in [0.717, 1.165) is 21.3 Å². The number of thiophene rings is 1. The first-order chi connectivity index (χ1) is 12.5. The molecule has 0 saturated carbocycles. The minimum atomic E-state index is 0.200. The number of nitrogens with one attached hydrogen (secondary N) is 1. The Morgan fingerprint density at radius 2 is 1.69 bits per heavy atom. The van der Waals surface area contributed by atoms with Gasteiger partial charge in [-0.05, 0) is 49.6 Å². The summed E-state index contributed by atoms with van der Waals surface area (Å²) in [6.45, 7) is 6.21. The molecule has 0 amide bonds. The van der Waals surface area contributed by atoms with Gasteiger partial charge in [-0.3, -0.25) is 0 Å². The van der Waals surface area contributed by atoms with Crippen LogP contribution >= 0.6 is 11.3 Å². The third-order valence-corrected chi connectivity index (χ3v) is 5.33. The van der Waals surface area contributed by atoms with Crippen molar-refractivity contribution >= 4 is 33.1 Å². The van der Waals surface area contributed by atoms with E-state index in [2.05, 4.69) is 52.7 Å². The Hall–Kier alpha value is -2.92. The van der Waals surface area contributed by atoms with E-state index >= 15 is 0 Å². The molecule has 4 nitrogen and oxygen atoms in total. The Labute approximate surface area is 156 Å². The maximum Gasteiger partial charge on any atom is 0.143 e. The highest BCUT2D eigenvalue weighted by molar-refractivity contribution is 7.17. The zero-order chi connectivity index (χ0) is 18.3. The van der Waals surface area contributed by atoms with E-state index in [1.54, 1.807) is 23.7 Å². The molecule has 0 unspecified atom stereocenters. The Balaban J connectivity index is 1.88. The normalized spacial score (nSPS) is 11.0. The molecule has 0 atom stereocenters. The molecule has 5 heteroatoms. The summed E-state index contributed by atoms with van der Waals surface area (Å²) in [6, 6.07) is 11.9. The van der Waals surface area contributed by atoms with Crippen molar-refractivity contribution in [1.29, 1.82) is 0 Å². The van der Waals surface area contributed by atoms with Gasteiger partial charge in [-0.1, -0.05) is 29.8 Å². The third kappa shape index (κ3) is 2.91. The second-order valence-corrected chi connectivity index (χ2v) is 7.37. The predicted molar refractivity (Wildman–Crippen MR) is 108 cm³/mol. The van der Waals surface area contributed by atoms with E-state index in [0.29, 0.717) is 11.5 Å². The highest BCUT2D eigenvalue weighted by atomic mass is 32.1. The minimum Gasteiger partial charge on any atom is -0.506 e. The Morgan fingerprint density at radius 1 is 0.923 bits per heavy atom. The number of aromatic hydroxyl groups is 1. The lowest BCUT2D eigenvalue weighted by Crippen LogP contribution is -1.96. The summed E-state index contributed by atoms with van der Waals surface area (Å²) in [5, 5.41) is 16.6. The largest absolute Gasteiger partial charge is 0.506 e. The SMILES string of the molecule is Cc1ccc(-c2csc3ncnc(Nc4cc(C)ccc4O)c23)c(C)c1. The molecule has 4 rings (SSSR count). The number of rotatable bonds is 3. The molecule has 0 aliphatic heterocycles. The van der Waals surface area contributed by atoms with Gasteiger partial charge in [-0.25, -0.2) is 9.97 Å². The van der Waals surface area contributed by atoms with Crippen LogP contribution in [0.5, 0.6) is 5.75 Å². The number of phenolic OH excluding ortho intramolecular Hbond substituents is 1. The molecule has 0 fully saturated rings. The lowest BCUT2D eigenvalue weighted by molar-refractivity contribution is 0.477. The second-order valence-electron chi connectivity index (χ2n) is 6.52. The van der Waals surface area contributed by atoms with Crippen molar-refractivity contribution in [2.75, 3.05) is 5.32 Å². The molecular weight excluding hydrogens is 342 g/mol. The summed E-state index contributed by atoms with van der Waals surface area (Å²) in [5.41, 5.74) is 6.45. The number of phenols is 1. The lowest BCUT2D eigenvalue weighted by Gasteiger charge is -2.11. The van der Waals surface area contributed by atoms with Crippen LogP contribution < -0.4 is 5.32 Å². The fraction of sp³-hybridized carbons (Fsp3) is 0.143. The summed E-state index contributed by atoms with van der Waals surface area (Å²) in [4.78, 5) is 9.79. The van der Waals surface area contributed by atoms with Crippen LogP contribution in [0.4, 0.5) is 11.5 Å². The average molecular weight is 361 g/mol. The van der Waals surface area contributed by atoms with E-state index in [-0.39, 0.29) is 5.75 Å². The number of aryl methyl sites for hydroxylation is 3. The van der Waals surface area contributed by atoms with Gasteiger partial charge in [0.15, 0.2) is 0 Å². The number of aromatic nitrogens is 2. The van der Waals surface area contributed by atoms with Crippen molar-refractivity contribution < 1.29 is 5.11 Å². The van der Waals surface area contributed by atoms with Crippen molar-refractivity contribution in [3.63, 3.8) is 0 Å². The summed E-state index contributed by atoms with van der Waals surface area (Å²) >= 11 is 1.60. The van der Waals surface area contributed by atoms with Crippen molar-refractivity contribution in [1.82, 2.24) is 9.97 Å². The zero-order valence-corrected chi connectivity index (χ0v) is 15.7. The Bertz CT molecular complexity index is 1120. The number of benzene rings is 2. The average Bonchev–Trinajstić information content (AvgIpc) is 3.03. The minimum absolute atomic E-state index is 0.200. The number of nitrogens with zero attached hydrogens (tertiary/aromatic N) is 2. The van der Waals surface area contributed by atoms with Crippen LogP contribution in [0.3, 0.4) is 0 Å². The van der Waals surface area contributed by atoms with Crippen LogP contribution in [-0.4, -0.2) is 15.1 Å². The smallest absolute Gasteiger partial charge is 0.143 e. The van der Waals surface area contributed by atoms with Gasteiger partial charge in [0.1, 0.15) is 22.7 Å². The molecule has 0 aliphatic carbocycles. The first-order valence-corrected chi connectivity index (χ1v) is 9.27. The highest BCUT2D eigenvalue weighted by Gasteiger charge is 2.15. The lowest BCUT2D eigenvalue weighted by atomic mass is 9.99. The molecule has 0 bridgehead atoms. The van der Waals surface area contributed by atoms with Gasteiger partial charge in [-0.15, -0.1) is 11.3 Å². The first-order valence-electron chi connectivity index (χ1n) is 8.39. The van der Waals surface area contributed by atoms with Gasteiger partial charge in [0.2, 0.25) is 0 Å². The summed E-state index contributed by atoms with van der Waals surface area (Å²) in [5.74, 6) is 0.901. The van der Waals surface area contributed by atoms with Crippen LogP contribution in [0, 0.1) is 20.8 Å². The van der Waals surface area contributed by atoms with Gasteiger partial charge in [0, 0.05) is 10.9 Å². The second kappa shape index (κ2) is 6.42. The highest BCUT2D eigenvalue weighted by Crippen LogP contribution is 2.39. The van der Waals surface area contributed by atoms with E-state index in [4.69, 9.17) is 0 Å². The van der Waals surface area contributed by atoms with Gasteiger partial charge in [0.05, 0.1) is 11.1 Å². The maximum absolute atomic E-state index is 10.2. The Kier molecular flexibility index (Phi) is 4.09. The number of fused-ring (bicyclic) bond motifs is 1. The summed E-state index contributed by atoms with van der Waals surface area (Å²) < 4.78 is 0. The van der Waals surface area contributed by atoms with Gasteiger partial charge in [0.25, 0.3) is 0 Å². The van der Waals surface area contributed by atoms with Crippen molar-refractivity contribution in [3.05, 3.63) is 64.8 Å². The molecule has 26 heavy (non-hydrogen) atoms. The van der Waals surface area contributed by atoms with Gasteiger partial charge in [-0.2, -0.15) is 0 Å². The molecule has 2 aromatic carbocycles. The van der Waals surface area contributed by atoms with Crippen LogP contribution in [-0.2, 0) is 0 Å². The van der Waals surface area contributed by atoms with Crippen LogP contribution in [0.25, 0.3) is 21.3 Å². The monoisotopic (exact) mass is 361 g/mol. The molecule has 2 N–H and O–H groups in total. The molecule has 2 heterocycles. The van der Waals surface area contributed by atoms with E-state index in [1.807, 2.05) is 19.1 Å². The molecule has 2 aromatic heterocycles. The maximum atomic E-state index is 10.2. The van der Waals surface area contributed by atoms with Crippen LogP contribution in [0.2, 0.25) is 0 Å². The molecule has 0 radical (unpaired) electrons. The van der Waals surface area contributed by atoms with E-state index < -0.39 is 0 Å². The Morgan fingerprint density at radius 3 is 2.50 bits per heavy atom. The molecule has 0 saturated heterocycles. The quantitative estimate of drug-likeness (QED) is 0.457. The van der Waals surface area contributed by atoms with E-state index in [1.165, 1.54) is 16.7 Å². The molecule has 0 spiro atoms. The van der Waals surface area contributed by atoms with Gasteiger partial charge >= 0.3 is 0 Å². The first kappa shape index (κ1) is 16.5. The molecule has 0 aliphatic rings. The number of hydrogen-bond donors (Lipinski definition) is 2. The molecular formula is C21H19N3OS. The summed E-state index contributed by atoms with van der Waals surface area (Å²) in [6.07, 6.45) is 1.56. The van der Waals surface area contributed by atoms with Crippen molar-refractivity contribution in [2.45, 2.75) is 20.8 Å². The third-order valence-electron chi connectivity index (χ3n) is 4.45. The molecule has 130 valence electrons. The standard InChI is InChI=1S/C21H19N3OS/c1-12-4-6-15(14(3)8-12)16-10-26-21-19(16)20(22-11-23-21)24-17-9-13(2)5-7-18(17)25/h4-11,25H,1-3H3,(H,22,23,24). The van der Waals surface area contributed by atoms with Gasteiger partial charge < -0.3 is 10.4 Å². The predicted octanol–water partition coefficient (Wildman–Crippen LogP) is 5.73. The fourth-order valence-corrected chi connectivity index (χ4v) is 4.07.